The largest absolute Gasteiger partial charge is 0.356 e. The standard InChI is InChI=1S/C12H11BrClIN2O/c13-8-5-9-7(11(14)12(8)15)6-16-17(9)10-3-1-2-4-18-10/h5-6,10H,1-4H2. The zero-order chi connectivity index (χ0) is 12.7. The summed E-state index contributed by atoms with van der Waals surface area (Å²) in [6.45, 7) is 0.811. The van der Waals surface area contributed by atoms with Crippen molar-refractivity contribution in [3.8, 4) is 0 Å². The van der Waals surface area contributed by atoms with Gasteiger partial charge in [-0.2, -0.15) is 5.10 Å². The highest BCUT2D eigenvalue weighted by atomic mass is 127. The van der Waals surface area contributed by atoms with Crippen LogP contribution in [0.1, 0.15) is 25.5 Å². The fourth-order valence-corrected chi connectivity index (χ4v) is 3.46. The first-order valence-electron chi connectivity index (χ1n) is 5.81. The van der Waals surface area contributed by atoms with E-state index in [-0.39, 0.29) is 6.23 Å². The van der Waals surface area contributed by atoms with Crippen LogP contribution in [0.2, 0.25) is 5.02 Å². The molecule has 0 aliphatic carbocycles. The van der Waals surface area contributed by atoms with E-state index in [1.54, 1.807) is 0 Å². The Morgan fingerprint density at radius 3 is 3.06 bits per heavy atom. The van der Waals surface area contributed by atoms with Crippen LogP contribution >= 0.6 is 50.1 Å². The Balaban J connectivity index is 2.13. The molecule has 1 aromatic carbocycles. The molecule has 3 nitrogen and oxygen atoms in total. The van der Waals surface area contributed by atoms with Crippen molar-refractivity contribution in [1.82, 2.24) is 9.78 Å². The molecule has 1 unspecified atom stereocenters. The molecule has 1 saturated heterocycles. The maximum atomic E-state index is 6.35. The van der Waals surface area contributed by atoms with Gasteiger partial charge in [0.15, 0.2) is 6.23 Å². The molecule has 0 amide bonds. The number of hydrogen-bond donors (Lipinski definition) is 0. The van der Waals surface area contributed by atoms with E-state index >= 15 is 0 Å². The number of fused-ring (bicyclic) bond motifs is 1. The van der Waals surface area contributed by atoms with E-state index in [1.807, 2.05) is 10.9 Å². The number of hydrogen-bond acceptors (Lipinski definition) is 2. The lowest BCUT2D eigenvalue weighted by molar-refractivity contribution is -0.0366. The van der Waals surface area contributed by atoms with Crippen molar-refractivity contribution in [2.45, 2.75) is 25.5 Å². The highest BCUT2D eigenvalue weighted by molar-refractivity contribution is 14.1. The Kier molecular flexibility index (Phi) is 3.85. The summed E-state index contributed by atoms with van der Waals surface area (Å²) in [5, 5.41) is 6.18. The van der Waals surface area contributed by atoms with E-state index in [0.29, 0.717) is 0 Å². The average molecular weight is 441 g/mol. The van der Waals surface area contributed by atoms with E-state index in [4.69, 9.17) is 16.3 Å². The van der Waals surface area contributed by atoms with Gasteiger partial charge in [0, 0.05) is 20.0 Å². The van der Waals surface area contributed by atoms with Gasteiger partial charge in [0.05, 0.1) is 16.7 Å². The Hall–Kier alpha value is 0.150. The normalized spacial score (nSPS) is 20.5. The monoisotopic (exact) mass is 440 g/mol. The van der Waals surface area contributed by atoms with E-state index < -0.39 is 0 Å². The second-order valence-corrected chi connectivity index (χ2v) is 6.64. The molecule has 0 saturated carbocycles. The third kappa shape index (κ3) is 2.19. The van der Waals surface area contributed by atoms with Gasteiger partial charge in [-0.1, -0.05) is 11.6 Å². The van der Waals surface area contributed by atoms with Crippen LogP contribution in [0.3, 0.4) is 0 Å². The Bertz CT molecular complexity index is 595. The van der Waals surface area contributed by atoms with E-state index in [1.165, 1.54) is 6.42 Å². The van der Waals surface area contributed by atoms with Crippen LogP contribution in [0.25, 0.3) is 10.9 Å². The summed E-state index contributed by atoms with van der Waals surface area (Å²) < 4.78 is 9.74. The van der Waals surface area contributed by atoms with Crippen LogP contribution in [0.4, 0.5) is 0 Å². The second-order valence-electron chi connectivity index (χ2n) is 4.33. The highest BCUT2D eigenvalue weighted by Crippen LogP contribution is 2.36. The number of aromatic nitrogens is 2. The molecule has 2 heterocycles. The summed E-state index contributed by atoms with van der Waals surface area (Å²) in [6.07, 6.45) is 5.20. The molecule has 2 aromatic rings. The average Bonchev–Trinajstić information content (AvgIpc) is 2.81. The number of benzene rings is 1. The van der Waals surface area contributed by atoms with Crippen LogP contribution in [-0.4, -0.2) is 16.4 Å². The molecule has 6 heteroatoms. The van der Waals surface area contributed by atoms with Crippen LogP contribution in [0.5, 0.6) is 0 Å². The third-order valence-corrected chi connectivity index (χ3v) is 6.36. The summed E-state index contributed by atoms with van der Waals surface area (Å²) in [6, 6.07) is 2.06. The fourth-order valence-electron chi connectivity index (χ4n) is 2.24. The maximum Gasteiger partial charge on any atom is 0.150 e. The van der Waals surface area contributed by atoms with Gasteiger partial charge in [-0.3, -0.25) is 0 Å². The van der Waals surface area contributed by atoms with Gasteiger partial charge in [-0.15, -0.1) is 0 Å². The molecular weight excluding hydrogens is 430 g/mol. The minimum absolute atomic E-state index is 0.0410. The van der Waals surface area contributed by atoms with Crippen molar-refractivity contribution >= 4 is 61.0 Å². The van der Waals surface area contributed by atoms with Gasteiger partial charge in [-0.25, -0.2) is 4.68 Å². The third-order valence-electron chi connectivity index (χ3n) is 3.16. The highest BCUT2D eigenvalue weighted by Gasteiger charge is 2.20. The molecule has 1 fully saturated rings. The summed E-state index contributed by atoms with van der Waals surface area (Å²) in [7, 11) is 0. The van der Waals surface area contributed by atoms with Gasteiger partial charge in [0.25, 0.3) is 0 Å². The molecule has 1 aliphatic rings. The zero-order valence-corrected chi connectivity index (χ0v) is 14.0. The van der Waals surface area contributed by atoms with Crippen molar-refractivity contribution in [3.63, 3.8) is 0 Å². The SMILES string of the molecule is Clc1c(I)c(Br)cc2c1cnn2C1CCCCO1. The van der Waals surface area contributed by atoms with Crippen molar-refractivity contribution in [2.24, 2.45) is 0 Å². The first kappa shape index (κ1) is 13.1. The molecule has 1 aromatic heterocycles. The van der Waals surface area contributed by atoms with Crippen molar-refractivity contribution in [3.05, 3.63) is 25.3 Å². The molecule has 3 rings (SSSR count). The quantitative estimate of drug-likeness (QED) is 0.472. The number of ether oxygens (including phenoxy) is 1. The first-order chi connectivity index (χ1) is 8.68. The molecule has 0 bridgehead atoms. The molecule has 96 valence electrons. The Morgan fingerprint density at radius 2 is 2.33 bits per heavy atom. The summed E-state index contributed by atoms with van der Waals surface area (Å²) in [5.41, 5.74) is 1.03. The maximum absolute atomic E-state index is 6.35. The smallest absolute Gasteiger partial charge is 0.150 e. The molecule has 0 radical (unpaired) electrons. The Labute approximate surface area is 132 Å². The summed E-state index contributed by atoms with van der Waals surface area (Å²) in [4.78, 5) is 0. The lowest BCUT2D eigenvalue weighted by Gasteiger charge is -2.23. The van der Waals surface area contributed by atoms with Crippen LogP contribution < -0.4 is 0 Å². The summed E-state index contributed by atoms with van der Waals surface area (Å²) >= 11 is 12.1. The molecule has 1 aliphatic heterocycles. The van der Waals surface area contributed by atoms with Crippen molar-refractivity contribution in [1.29, 1.82) is 0 Å². The molecule has 18 heavy (non-hydrogen) atoms. The first-order valence-corrected chi connectivity index (χ1v) is 8.06. The minimum atomic E-state index is 0.0410. The molecule has 1 atom stereocenters. The van der Waals surface area contributed by atoms with E-state index in [0.717, 1.165) is 43.4 Å². The van der Waals surface area contributed by atoms with Crippen molar-refractivity contribution in [2.75, 3.05) is 6.61 Å². The molecule has 0 spiro atoms. The second kappa shape index (κ2) is 5.26. The number of halogens is 3. The number of rotatable bonds is 1. The number of nitrogens with zero attached hydrogens (tertiary/aromatic N) is 2. The fraction of sp³-hybridized carbons (Fsp3) is 0.417. The van der Waals surface area contributed by atoms with Crippen LogP contribution in [0.15, 0.2) is 16.7 Å². The van der Waals surface area contributed by atoms with Crippen LogP contribution in [0, 0.1) is 3.57 Å². The topological polar surface area (TPSA) is 27.1 Å². The van der Waals surface area contributed by atoms with Gasteiger partial charge in [0.2, 0.25) is 0 Å². The van der Waals surface area contributed by atoms with Crippen molar-refractivity contribution < 1.29 is 4.74 Å². The molecular formula is C12H11BrClIN2O. The van der Waals surface area contributed by atoms with Gasteiger partial charge >= 0.3 is 0 Å². The van der Waals surface area contributed by atoms with Gasteiger partial charge < -0.3 is 4.74 Å². The summed E-state index contributed by atoms with van der Waals surface area (Å²) in [5.74, 6) is 0. The molecule has 0 N–H and O–H groups in total. The Morgan fingerprint density at radius 1 is 1.50 bits per heavy atom. The minimum Gasteiger partial charge on any atom is -0.356 e. The predicted molar refractivity (Wildman–Crippen MR) is 84.0 cm³/mol. The lowest BCUT2D eigenvalue weighted by atomic mass is 10.2. The van der Waals surface area contributed by atoms with Gasteiger partial charge in [-0.05, 0) is 63.8 Å². The van der Waals surface area contributed by atoms with Crippen LogP contribution in [-0.2, 0) is 4.74 Å². The predicted octanol–water partition coefficient (Wildman–Crippen LogP) is 4.76. The van der Waals surface area contributed by atoms with E-state index in [9.17, 15) is 0 Å². The lowest BCUT2D eigenvalue weighted by Crippen LogP contribution is -2.18. The van der Waals surface area contributed by atoms with E-state index in [2.05, 4.69) is 49.7 Å². The zero-order valence-electron chi connectivity index (χ0n) is 9.50. The van der Waals surface area contributed by atoms with Gasteiger partial charge in [0.1, 0.15) is 0 Å².